The Morgan fingerprint density at radius 2 is 1.71 bits per heavy atom. The quantitative estimate of drug-likeness (QED) is 0.391. The Labute approximate surface area is 248 Å². The zero-order valence-corrected chi connectivity index (χ0v) is 24.9. The topological polar surface area (TPSA) is 132 Å². The summed E-state index contributed by atoms with van der Waals surface area (Å²) in [6.45, 7) is 2.41. The van der Waals surface area contributed by atoms with E-state index in [0.29, 0.717) is 17.4 Å². The molecule has 1 aromatic carbocycles. The number of piperidine rings is 1. The van der Waals surface area contributed by atoms with E-state index in [4.69, 9.17) is 23.1 Å². The van der Waals surface area contributed by atoms with Crippen LogP contribution >= 0.6 is 11.6 Å². The largest absolute Gasteiger partial charge is 0.368 e. The molecule has 5 N–H and O–H groups in total. The summed E-state index contributed by atoms with van der Waals surface area (Å²) >= 11 is 6.15. The van der Waals surface area contributed by atoms with Crippen LogP contribution in [0, 0.1) is 17.3 Å². The number of hydrogen-bond acceptors (Lipinski definition) is 6. The molecule has 2 atom stereocenters. The molecule has 1 aromatic heterocycles. The number of hydrogen-bond donors (Lipinski definition) is 3. The highest BCUT2D eigenvalue weighted by Crippen LogP contribution is 2.47. The van der Waals surface area contributed by atoms with Crippen molar-refractivity contribution < 1.29 is 9.59 Å². The average Bonchev–Trinajstić information content (AvgIpc) is 3.51. The zero-order chi connectivity index (χ0) is 28.8. The number of halogens is 1. The number of primary amides is 1. The highest BCUT2D eigenvalue weighted by molar-refractivity contribution is 6.30. The van der Waals surface area contributed by atoms with Crippen molar-refractivity contribution in [2.45, 2.75) is 102 Å². The van der Waals surface area contributed by atoms with E-state index < -0.39 is 11.9 Å². The van der Waals surface area contributed by atoms with Crippen LogP contribution in [0.5, 0.6) is 0 Å². The molecule has 2 amide bonds. The first-order chi connectivity index (χ1) is 19.8. The SMILES string of the molecule is NC(=O)C(N)C1CCC(N[C@H](Cc2ccc(Cl)cc2)C(=O)N2CCC(Cn3cncn3)(C3CCCCC3)CC2)CC1. The molecule has 9 nitrogen and oxygen atoms in total. The van der Waals surface area contributed by atoms with Gasteiger partial charge in [-0.05, 0) is 92.7 Å². The molecule has 2 heterocycles. The molecule has 0 radical (unpaired) electrons. The van der Waals surface area contributed by atoms with Gasteiger partial charge in [0.1, 0.15) is 12.7 Å². The summed E-state index contributed by atoms with van der Waals surface area (Å²) in [5.41, 5.74) is 12.7. The van der Waals surface area contributed by atoms with E-state index >= 15 is 0 Å². The molecular formula is C31H46ClN7O2. The number of amides is 2. The van der Waals surface area contributed by atoms with Crippen LogP contribution in [0.4, 0.5) is 0 Å². The Balaban J connectivity index is 1.26. The lowest BCUT2D eigenvalue weighted by molar-refractivity contribution is -0.137. The second-order valence-electron chi connectivity index (χ2n) is 12.7. The fraction of sp³-hybridized carbons (Fsp3) is 0.677. The van der Waals surface area contributed by atoms with Gasteiger partial charge in [-0.25, -0.2) is 4.98 Å². The maximum atomic E-state index is 14.1. The minimum atomic E-state index is -0.599. The first kappa shape index (κ1) is 30.0. The van der Waals surface area contributed by atoms with E-state index in [1.165, 1.54) is 32.1 Å². The Morgan fingerprint density at radius 3 is 2.32 bits per heavy atom. The minimum absolute atomic E-state index is 0.107. The second-order valence-corrected chi connectivity index (χ2v) is 13.1. The van der Waals surface area contributed by atoms with Crippen LogP contribution in [0.15, 0.2) is 36.9 Å². The van der Waals surface area contributed by atoms with Crippen molar-refractivity contribution in [3.05, 3.63) is 47.5 Å². The molecule has 1 unspecified atom stereocenters. The minimum Gasteiger partial charge on any atom is -0.368 e. The maximum Gasteiger partial charge on any atom is 0.240 e. The average molecular weight is 584 g/mol. The van der Waals surface area contributed by atoms with Gasteiger partial charge in [-0.2, -0.15) is 5.10 Å². The smallest absolute Gasteiger partial charge is 0.240 e. The third-order valence-corrected chi connectivity index (χ3v) is 10.4. The van der Waals surface area contributed by atoms with Crippen molar-refractivity contribution in [1.29, 1.82) is 0 Å². The van der Waals surface area contributed by atoms with E-state index in [2.05, 4.69) is 20.3 Å². The maximum absolute atomic E-state index is 14.1. The van der Waals surface area contributed by atoms with Gasteiger partial charge in [-0.3, -0.25) is 14.3 Å². The van der Waals surface area contributed by atoms with Crippen LogP contribution in [0.2, 0.25) is 5.02 Å². The van der Waals surface area contributed by atoms with E-state index in [-0.39, 0.29) is 29.3 Å². The predicted octanol–water partition coefficient (Wildman–Crippen LogP) is 3.69. The van der Waals surface area contributed by atoms with Gasteiger partial charge in [0.2, 0.25) is 11.8 Å². The summed E-state index contributed by atoms with van der Waals surface area (Å²) in [4.78, 5) is 32.0. The van der Waals surface area contributed by atoms with E-state index in [0.717, 1.165) is 63.7 Å². The molecule has 5 rings (SSSR count). The Kier molecular flexibility index (Phi) is 9.99. The lowest BCUT2D eigenvalue weighted by atomic mass is 9.63. The summed E-state index contributed by atoms with van der Waals surface area (Å²) in [6.07, 6.45) is 15.9. The Hall–Kier alpha value is -2.49. The number of benzene rings is 1. The van der Waals surface area contributed by atoms with E-state index in [9.17, 15) is 9.59 Å². The lowest BCUT2D eigenvalue weighted by Gasteiger charge is -2.48. The van der Waals surface area contributed by atoms with Crippen molar-refractivity contribution >= 4 is 23.4 Å². The summed E-state index contributed by atoms with van der Waals surface area (Å²) in [5.74, 6) is 0.517. The summed E-state index contributed by atoms with van der Waals surface area (Å²) in [6, 6.07) is 7.07. The molecule has 3 aliphatic rings. The zero-order valence-electron chi connectivity index (χ0n) is 24.1. The molecule has 2 aromatic rings. The van der Waals surface area contributed by atoms with Gasteiger partial charge in [0.05, 0.1) is 12.1 Å². The van der Waals surface area contributed by atoms with Crippen molar-refractivity contribution in [1.82, 2.24) is 25.0 Å². The van der Waals surface area contributed by atoms with Crippen LogP contribution in [0.1, 0.15) is 76.2 Å². The number of nitrogens with two attached hydrogens (primary N) is 2. The van der Waals surface area contributed by atoms with Gasteiger partial charge < -0.3 is 21.7 Å². The number of likely N-dealkylation sites (tertiary alicyclic amines) is 1. The fourth-order valence-corrected chi connectivity index (χ4v) is 7.80. The fourth-order valence-electron chi connectivity index (χ4n) is 7.68. The molecule has 2 saturated carbocycles. The number of nitrogens with zero attached hydrogens (tertiary/aromatic N) is 4. The monoisotopic (exact) mass is 583 g/mol. The molecule has 1 aliphatic heterocycles. The highest BCUT2D eigenvalue weighted by Gasteiger charge is 2.44. The number of nitrogens with one attached hydrogen (secondary N) is 1. The molecule has 41 heavy (non-hydrogen) atoms. The van der Waals surface area contributed by atoms with E-state index in [1.807, 2.05) is 35.3 Å². The van der Waals surface area contributed by atoms with Gasteiger partial charge >= 0.3 is 0 Å². The van der Waals surface area contributed by atoms with Crippen LogP contribution in [-0.2, 0) is 22.6 Å². The van der Waals surface area contributed by atoms with Crippen LogP contribution in [0.3, 0.4) is 0 Å². The van der Waals surface area contributed by atoms with Gasteiger partial charge in [0, 0.05) is 30.7 Å². The first-order valence-electron chi connectivity index (χ1n) is 15.5. The molecular weight excluding hydrogens is 538 g/mol. The van der Waals surface area contributed by atoms with E-state index in [1.54, 1.807) is 6.33 Å². The van der Waals surface area contributed by atoms with Gasteiger partial charge in [-0.15, -0.1) is 0 Å². The van der Waals surface area contributed by atoms with Crippen LogP contribution in [0.25, 0.3) is 0 Å². The molecule has 0 spiro atoms. The van der Waals surface area contributed by atoms with Crippen molar-refractivity contribution in [2.75, 3.05) is 13.1 Å². The molecule has 1 saturated heterocycles. The highest BCUT2D eigenvalue weighted by atomic mass is 35.5. The van der Waals surface area contributed by atoms with Crippen molar-refractivity contribution in [3.63, 3.8) is 0 Å². The number of carbonyl (C=O) groups is 2. The van der Waals surface area contributed by atoms with Crippen molar-refractivity contribution in [3.8, 4) is 0 Å². The normalized spacial score (nSPS) is 25.0. The lowest BCUT2D eigenvalue weighted by Crippen LogP contribution is -2.56. The second kappa shape index (κ2) is 13.7. The molecule has 3 fully saturated rings. The van der Waals surface area contributed by atoms with Crippen molar-refractivity contribution in [2.24, 2.45) is 28.7 Å². The summed E-state index contributed by atoms with van der Waals surface area (Å²) < 4.78 is 2.00. The summed E-state index contributed by atoms with van der Waals surface area (Å²) in [5, 5.41) is 8.86. The third kappa shape index (κ3) is 7.48. The first-order valence-corrected chi connectivity index (χ1v) is 15.9. The predicted molar refractivity (Wildman–Crippen MR) is 160 cm³/mol. The number of rotatable bonds is 10. The number of aromatic nitrogens is 3. The van der Waals surface area contributed by atoms with Gasteiger partial charge in [0.15, 0.2) is 0 Å². The molecule has 224 valence electrons. The Morgan fingerprint density at radius 1 is 1.02 bits per heavy atom. The van der Waals surface area contributed by atoms with Gasteiger partial charge in [-0.1, -0.05) is 43.0 Å². The van der Waals surface area contributed by atoms with Gasteiger partial charge in [0.25, 0.3) is 0 Å². The number of carbonyl (C=O) groups excluding carboxylic acids is 2. The molecule has 10 heteroatoms. The molecule has 0 bridgehead atoms. The third-order valence-electron chi connectivity index (χ3n) is 10.2. The van der Waals surface area contributed by atoms with Crippen LogP contribution < -0.4 is 16.8 Å². The summed E-state index contributed by atoms with van der Waals surface area (Å²) in [7, 11) is 0. The molecule has 2 aliphatic carbocycles. The van der Waals surface area contributed by atoms with Crippen LogP contribution in [-0.4, -0.2) is 62.7 Å². The standard InChI is InChI=1S/C31H46ClN7O2/c32-25-10-6-22(7-11-25)18-27(37-26-12-8-23(9-13-26)28(33)29(34)40)30(41)38-16-14-31(15-17-38,19-39-21-35-20-36-39)24-4-2-1-3-5-24/h6-7,10-11,20-21,23-24,26-28,37H,1-5,8-9,12-19,33H2,(H2,34,40)/t23?,26?,27-,28?/m1/s1. The Bertz CT molecular complexity index is 1120.